The van der Waals surface area contributed by atoms with E-state index in [0.717, 1.165) is 18.0 Å². The van der Waals surface area contributed by atoms with Gasteiger partial charge in [-0.25, -0.2) is 0 Å². The van der Waals surface area contributed by atoms with Crippen molar-refractivity contribution in [2.45, 2.75) is 84.8 Å². The maximum absolute atomic E-state index is 2.81. The molecule has 3 rings (SSSR count). The minimum Gasteiger partial charge on any atom is -0.290 e. The molecule has 0 saturated carbocycles. The normalized spacial score (nSPS) is 32.6. The van der Waals surface area contributed by atoms with Gasteiger partial charge in [0, 0.05) is 30.7 Å². The smallest absolute Gasteiger partial charge is 0.0507 e. The Balaban J connectivity index is 1.50. The zero-order valence-corrected chi connectivity index (χ0v) is 16.4. The Labute approximate surface area is 144 Å². The van der Waals surface area contributed by atoms with Crippen LogP contribution in [0.15, 0.2) is 0 Å². The van der Waals surface area contributed by atoms with Gasteiger partial charge in [0.05, 0.1) is 6.67 Å². The lowest BCUT2D eigenvalue weighted by Crippen LogP contribution is -2.61. The van der Waals surface area contributed by atoms with Crippen molar-refractivity contribution in [2.24, 2.45) is 11.3 Å². The second-order valence-corrected chi connectivity index (χ2v) is 10.4. The lowest BCUT2D eigenvalue weighted by molar-refractivity contribution is -0.0241. The predicted octanol–water partition coefficient (Wildman–Crippen LogP) is 3.65. The molecule has 0 radical (unpaired) electrons. The van der Waals surface area contributed by atoms with Crippen molar-refractivity contribution in [1.82, 2.24) is 14.7 Å². The molecule has 0 aromatic carbocycles. The standard InChI is InChI=1S/C20H39N3/c1-19(2,3)16-9-11-21(12-10-16)15-22-13-17-7-8-18(14-22)23(17)20(4,5)6/h16-18H,7-15H2,1-6H3. The van der Waals surface area contributed by atoms with E-state index in [1.807, 2.05) is 0 Å². The number of piperidine rings is 1. The van der Waals surface area contributed by atoms with Gasteiger partial charge in [-0.1, -0.05) is 20.8 Å². The van der Waals surface area contributed by atoms with Gasteiger partial charge in [-0.3, -0.25) is 14.7 Å². The van der Waals surface area contributed by atoms with Crippen LogP contribution in [0.1, 0.15) is 67.2 Å². The third-order valence-corrected chi connectivity index (χ3v) is 6.54. The Kier molecular flexibility index (Phi) is 4.85. The van der Waals surface area contributed by atoms with Gasteiger partial charge in [-0.05, 0) is 70.9 Å². The molecule has 2 unspecified atom stereocenters. The molecule has 134 valence electrons. The molecule has 2 bridgehead atoms. The average Bonchev–Trinajstić information content (AvgIpc) is 2.71. The molecule has 0 aromatic rings. The molecule has 23 heavy (non-hydrogen) atoms. The summed E-state index contributed by atoms with van der Waals surface area (Å²) >= 11 is 0. The van der Waals surface area contributed by atoms with Crippen LogP contribution in [-0.2, 0) is 0 Å². The Morgan fingerprint density at radius 2 is 1.26 bits per heavy atom. The van der Waals surface area contributed by atoms with Crippen molar-refractivity contribution >= 4 is 0 Å². The molecule has 0 aromatic heterocycles. The van der Waals surface area contributed by atoms with E-state index in [2.05, 4.69) is 56.2 Å². The number of nitrogens with zero attached hydrogens (tertiary/aromatic N) is 3. The molecule has 0 aliphatic carbocycles. The van der Waals surface area contributed by atoms with Crippen molar-refractivity contribution in [3.8, 4) is 0 Å². The second kappa shape index (κ2) is 6.31. The van der Waals surface area contributed by atoms with Gasteiger partial charge in [0.1, 0.15) is 0 Å². The van der Waals surface area contributed by atoms with Gasteiger partial charge in [0.2, 0.25) is 0 Å². The Morgan fingerprint density at radius 1 is 0.739 bits per heavy atom. The number of piperazine rings is 1. The highest BCUT2D eigenvalue weighted by Crippen LogP contribution is 2.37. The molecule has 3 fully saturated rings. The van der Waals surface area contributed by atoms with Gasteiger partial charge in [-0.2, -0.15) is 0 Å². The lowest BCUT2D eigenvalue weighted by atomic mass is 9.75. The van der Waals surface area contributed by atoms with E-state index in [0.29, 0.717) is 11.0 Å². The quantitative estimate of drug-likeness (QED) is 0.769. The first-order valence-corrected chi connectivity index (χ1v) is 9.88. The maximum Gasteiger partial charge on any atom is 0.0507 e. The highest BCUT2D eigenvalue weighted by molar-refractivity contribution is 5.00. The summed E-state index contributed by atoms with van der Waals surface area (Å²) in [7, 11) is 0. The fourth-order valence-corrected chi connectivity index (χ4v) is 5.42. The van der Waals surface area contributed by atoms with E-state index >= 15 is 0 Å². The summed E-state index contributed by atoms with van der Waals surface area (Å²) in [6.45, 7) is 20.8. The summed E-state index contributed by atoms with van der Waals surface area (Å²) in [6.07, 6.45) is 5.59. The fraction of sp³-hybridized carbons (Fsp3) is 1.00. The fourth-order valence-electron chi connectivity index (χ4n) is 5.42. The first-order valence-electron chi connectivity index (χ1n) is 9.88. The Hall–Kier alpha value is -0.120. The average molecular weight is 322 g/mol. The summed E-state index contributed by atoms with van der Waals surface area (Å²) in [5, 5.41) is 0. The maximum atomic E-state index is 2.81. The summed E-state index contributed by atoms with van der Waals surface area (Å²) in [5.41, 5.74) is 0.826. The predicted molar refractivity (Wildman–Crippen MR) is 98.6 cm³/mol. The third kappa shape index (κ3) is 3.93. The van der Waals surface area contributed by atoms with Crippen LogP contribution in [0.5, 0.6) is 0 Å². The molecule has 3 heterocycles. The van der Waals surface area contributed by atoms with Crippen LogP contribution in [0.2, 0.25) is 0 Å². The Morgan fingerprint density at radius 3 is 1.70 bits per heavy atom. The third-order valence-electron chi connectivity index (χ3n) is 6.54. The molecule has 3 saturated heterocycles. The molecule has 3 heteroatoms. The van der Waals surface area contributed by atoms with E-state index in [1.165, 1.54) is 58.5 Å². The van der Waals surface area contributed by atoms with Crippen molar-refractivity contribution in [3.63, 3.8) is 0 Å². The number of hydrogen-bond acceptors (Lipinski definition) is 3. The largest absolute Gasteiger partial charge is 0.290 e. The molecule has 0 spiro atoms. The first kappa shape index (κ1) is 17.7. The van der Waals surface area contributed by atoms with Crippen LogP contribution in [0.3, 0.4) is 0 Å². The molecule has 3 nitrogen and oxygen atoms in total. The SMILES string of the molecule is CC(C)(C)C1CCN(CN2CC3CCC(C2)N3C(C)(C)C)CC1. The van der Waals surface area contributed by atoms with E-state index < -0.39 is 0 Å². The number of fused-ring (bicyclic) bond motifs is 2. The summed E-state index contributed by atoms with van der Waals surface area (Å²) in [4.78, 5) is 8.28. The number of hydrogen-bond donors (Lipinski definition) is 0. The minimum atomic E-state index is 0.336. The monoisotopic (exact) mass is 321 g/mol. The van der Waals surface area contributed by atoms with E-state index in [-0.39, 0.29) is 0 Å². The zero-order chi connectivity index (χ0) is 16.8. The van der Waals surface area contributed by atoms with Gasteiger partial charge < -0.3 is 0 Å². The van der Waals surface area contributed by atoms with Crippen LogP contribution in [0.25, 0.3) is 0 Å². The van der Waals surface area contributed by atoms with Crippen LogP contribution in [0, 0.1) is 11.3 Å². The van der Waals surface area contributed by atoms with Crippen molar-refractivity contribution in [1.29, 1.82) is 0 Å². The van der Waals surface area contributed by atoms with Crippen LogP contribution < -0.4 is 0 Å². The first-order chi connectivity index (χ1) is 10.6. The van der Waals surface area contributed by atoms with E-state index in [9.17, 15) is 0 Å². The van der Waals surface area contributed by atoms with Crippen molar-refractivity contribution in [3.05, 3.63) is 0 Å². The van der Waals surface area contributed by atoms with Gasteiger partial charge in [0.15, 0.2) is 0 Å². The molecular weight excluding hydrogens is 282 g/mol. The van der Waals surface area contributed by atoms with Crippen molar-refractivity contribution < 1.29 is 0 Å². The van der Waals surface area contributed by atoms with Gasteiger partial charge in [0.25, 0.3) is 0 Å². The Bertz CT molecular complexity index is 384. The molecule has 0 amide bonds. The highest BCUT2D eigenvalue weighted by atomic mass is 15.4. The molecule has 3 aliphatic rings. The van der Waals surface area contributed by atoms with Crippen LogP contribution in [0.4, 0.5) is 0 Å². The molecular formula is C20H39N3. The highest BCUT2D eigenvalue weighted by Gasteiger charge is 2.44. The number of likely N-dealkylation sites (tertiary alicyclic amines) is 2. The van der Waals surface area contributed by atoms with Crippen LogP contribution >= 0.6 is 0 Å². The zero-order valence-electron chi connectivity index (χ0n) is 16.4. The molecule has 0 N–H and O–H groups in total. The molecule has 2 atom stereocenters. The van der Waals surface area contributed by atoms with E-state index in [1.54, 1.807) is 0 Å². The van der Waals surface area contributed by atoms with Gasteiger partial charge in [-0.15, -0.1) is 0 Å². The summed E-state index contributed by atoms with van der Waals surface area (Å²) in [6, 6.07) is 1.58. The van der Waals surface area contributed by atoms with Crippen molar-refractivity contribution in [2.75, 3.05) is 32.8 Å². The van der Waals surface area contributed by atoms with E-state index in [4.69, 9.17) is 0 Å². The number of rotatable bonds is 2. The minimum absolute atomic E-state index is 0.336. The van der Waals surface area contributed by atoms with Gasteiger partial charge >= 0.3 is 0 Å². The van der Waals surface area contributed by atoms with Crippen LogP contribution in [-0.4, -0.2) is 65.2 Å². The second-order valence-electron chi connectivity index (χ2n) is 10.4. The summed E-state index contributed by atoms with van der Waals surface area (Å²) < 4.78 is 0. The lowest BCUT2D eigenvalue weighted by Gasteiger charge is -2.49. The molecule has 3 aliphatic heterocycles. The topological polar surface area (TPSA) is 9.72 Å². The summed E-state index contributed by atoms with van der Waals surface area (Å²) in [5.74, 6) is 0.910.